The maximum absolute atomic E-state index is 4.74. The van der Waals surface area contributed by atoms with Crippen LogP contribution >= 0.6 is 24.0 Å². The minimum Gasteiger partial charge on any atom is -0.357 e. The maximum atomic E-state index is 4.74. The first kappa shape index (κ1) is 23.0. The fraction of sp³-hybridized carbons (Fsp3) is 0.944. The van der Waals surface area contributed by atoms with Crippen LogP contribution in [0.1, 0.15) is 66.2 Å². The molecule has 1 aliphatic heterocycles. The van der Waals surface area contributed by atoms with Gasteiger partial charge in [0, 0.05) is 32.2 Å². The second kappa shape index (κ2) is 14.3. The minimum atomic E-state index is 0. The topological polar surface area (TPSA) is 39.7 Å². The molecule has 1 fully saturated rings. The number of nitrogens with zero attached hydrogens (tertiary/aromatic N) is 2. The van der Waals surface area contributed by atoms with E-state index in [1.165, 1.54) is 58.2 Å². The van der Waals surface area contributed by atoms with E-state index in [-0.39, 0.29) is 24.0 Å². The highest BCUT2D eigenvalue weighted by molar-refractivity contribution is 14.0. The van der Waals surface area contributed by atoms with E-state index in [9.17, 15) is 0 Å². The minimum absolute atomic E-state index is 0. The number of halogens is 1. The molecule has 0 saturated carbocycles. The van der Waals surface area contributed by atoms with Crippen molar-refractivity contribution in [1.82, 2.24) is 15.5 Å². The summed E-state index contributed by atoms with van der Waals surface area (Å²) in [5, 5.41) is 7.02. The zero-order valence-electron chi connectivity index (χ0n) is 15.7. The van der Waals surface area contributed by atoms with Gasteiger partial charge >= 0.3 is 0 Å². The van der Waals surface area contributed by atoms with E-state index in [2.05, 4.69) is 43.2 Å². The van der Waals surface area contributed by atoms with Crippen molar-refractivity contribution in [3.63, 3.8) is 0 Å². The van der Waals surface area contributed by atoms with E-state index in [0.29, 0.717) is 6.04 Å². The predicted molar refractivity (Wildman–Crippen MR) is 113 cm³/mol. The second-order valence-electron chi connectivity index (χ2n) is 6.91. The van der Waals surface area contributed by atoms with Crippen LogP contribution in [0.5, 0.6) is 0 Å². The molecule has 0 radical (unpaired) electrons. The highest BCUT2D eigenvalue weighted by Gasteiger charge is 2.19. The van der Waals surface area contributed by atoms with Crippen LogP contribution in [0.3, 0.4) is 0 Å². The molecular weight excluding hydrogens is 399 g/mol. The van der Waals surface area contributed by atoms with Crippen LogP contribution in [-0.2, 0) is 0 Å². The Morgan fingerprint density at radius 2 is 1.87 bits per heavy atom. The predicted octanol–water partition coefficient (Wildman–Crippen LogP) is 3.86. The van der Waals surface area contributed by atoms with E-state index in [1.54, 1.807) is 0 Å². The Morgan fingerprint density at radius 1 is 1.17 bits per heavy atom. The molecule has 138 valence electrons. The zero-order valence-corrected chi connectivity index (χ0v) is 18.1. The third-order valence-electron chi connectivity index (χ3n) is 4.27. The molecule has 1 aliphatic rings. The van der Waals surface area contributed by atoms with Gasteiger partial charge in [-0.3, -0.25) is 4.99 Å². The Bertz CT molecular complexity index is 299. The average molecular weight is 438 g/mol. The molecule has 23 heavy (non-hydrogen) atoms. The Kier molecular flexibility index (Phi) is 14.3. The van der Waals surface area contributed by atoms with Gasteiger partial charge in [-0.2, -0.15) is 0 Å². The molecule has 0 aliphatic carbocycles. The Labute approximate surface area is 161 Å². The maximum Gasteiger partial charge on any atom is 0.191 e. The van der Waals surface area contributed by atoms with E-state index in [1.807, 2.05) is 0 Å². The summed E-state index contributed by atoms with van der Waals surface area (Å²) in [6, 6.07) is 0.585. The Balaban J connectivity index is 0.00000484. The first-order valence-corrected chi connectivity index (χ1v) is 9.42. The van der Waals surface area contributed by atoms with E-state index < -0.39 is 0 Å². The molecule has 0 aromatic heterocycles. The van der Waals surface area contributed by atoms with Gasteiger partial charge in [0.05, 0.1) is 0 Å². The van der Waals surface area contributed by atoms with Gasteiger partial charge in [-0.15, -0.1) is 24.0 Å². The van der Waals surface area contributed by atoms with Gasteiger partial charge in [-0.25, -0.2) is 0 Å². The quantitative estimate of drug-likeness (QED) is 0.249. The van der Waals surface area contributed by atoms with Gasteiger partial charge in [0.1, 0.15) is 0 Å². The average Bonchev–Trinajstić information content (AvgIpc) is 2.49. The number of nitrogens with one attached hydrogen (secondary N) is 2. The fourth-order valence-electron chi connectivity index (χ4n) is 2.99. The van der Waals surface area contributed by atoms with Crippen molar-refractivity contribution in [2.24, 2.45) is 10.9 Å². The van der Waals surface area contributed by atoms with Crippen LogP contribution in [0.15, 0.2) is 4.99 Å². The summed E-state index contributed by atoms with van der Waals surface area (Å²) >= 11 is 0. The van der Waals surface area contributed by atoms with Crippen molar-refractivity contribution < 1.29 is 0 Å². The number of likely N-dealkylation sites (tertiary alicyclic amines) is 1. The van der Waals surface area contributed by atoms with Crippen molar-refractivity contribution >= 4 is 29.9 Å². The molecule has 0 spiro atoms. The number of unbranched alkanes of at least 4 members (excludes halogenated alkanes) is 1. The van der Waals surface area contributed by atoms with Crippen molar-refractivity contribution in [3.05, 3.63) is 0 Å². The lowest BCUT2D eigenvalue weighted by atomic mass is 10.1. The third kappa shape index (κ3) is 11.2. The van der Waals surface area contributed by atoms with Crippen molar-refractivity contribution in [3.8, 4) is 0 Å². The summed E-state index contributed by atoms with van der Waals surface area (Å²) in [7, 11) is 0. The van der Waals surface area contributed by atoms with Crippen LogP contribution in [0.4, 0.5) is 0 Å². The molecule has 0 bridgehead atoms. The van der Waals surface area contributed by atoms with Gasteiger partial charge < -0.3 is 15.5 Å². The fourth-order valence-corrected chi connectivity index (χ4v) is 2.99. The van der Waals surface area contributed by atoms with Crippen LogP contribution in [0.2, 0.25) is 0 Å². The molecule has 1 heterocycles. The number of guanidine groups is 1. The van der Waals surface area contributed by atoms with Crippen LogP contribution in [-0.4, -0.2) is 49.6 Å². The van der Waals surface area contributed by atoms with Crippen molar-refractivity contribution in [2.75, 3.05) is 32.7 Å². The SMILES string of the molecule is CCCN1CCC(NC(=NCCCCC(C)C)NCC)CC1.I. The van der Waals surface area contributed by atoms with Gasteiger partial charge in [0.2, 0.25) is 0 Å². The first-order valence-electron chi connectivity index (χ1n) is 9.42. The van der Waals surface area contributed by atoms with E-state index >= 15 is 0 Å². The highest BCUT2D eigenvalue weighted by Crippen LogP contribution is 2.10. The summed E-state index contributed by atoms with van der Waals surface area (Å²) in [5.41, 5.74) is 0. The number of aliphatic imine (C=N–C) groups is 1. The lowest BCUT2D eigenvalue weighted by Crippen LogP contribution is -2.48. The summed E-state index contributed by atoms with van der Waals surface area (Å²) in [6.45, 7) is 14.6. The van der Waals surface area contributed by atoms with Gasteiger partial charge in [-0.1, -0.05) is 33.6 Å². The largest absolute Gasteiger partial charge is 0.357 e. The molecule has 4 nitrogen and oxygen atoms in total. The number of hydrogen-bond acceptors (Lipinski definition) is 2. The lowest BCUT2D eigenvalue weighted by molar-refractivity contribution is 0.206. The van der Waals surface area contributed by atoms with Crippen LogP contribution in [0, 0.1) is 5.92 Å². The number of hydrogen-bond donors (Lipinski definition) is 2. The van der Waals surface area contributed by atoms with Crippen LogP contribution in [0.25, 0.3) is 0 Å². The Hall–Kier alpha value is -0.0400. The third-order valence-corrected chi connectivity index (χ3v) is 4.27. The number of rotatable bonds is 9. The zero-order chi connectivity index (χ0) is 16.2. The van der Waals surface area contributed by atoms with Crippen molar-refractivity contribution in [1.29, 1.82) is 0 Å². The Morgan fingerprint density at radius 3 is 2.43 bits per heavy atom. The van der Waals surface area contributed by atoms with Gasteiger partial charge in [-0.05, 0) is 45.1 Å². The smallest absolute Gasteiger partial charge is 0.191 e. The normalized spacial score (nSPS) is 17.2. The second-order valence-corrected chi connectivity index (χ2v) is 6.91. The molecular formula is C18H39IN4. The van der Waals surface area contributed by atoms with Gasteiger partial charge in [0.15, 0.2) is 5.96 Å². The molecule has 0 aromatic rings. The standard InChI is InChI=1S/C18H38N4.HI/c1-5-13-22-14-10-17(11-15-22)21-18(19-6-2)20-12-8-7-9-16(3)4;/h16-17H,5-15H2,1-4H3,(H2,19,20,21);1H. The molecule has 0 atom stereocenters. The molecule has 1 saturated heterocycles. The highest BCUT2D eigenvalue weighted by atomic mass is 127. The molecule has 5 heteroatoms. The summed E-state index contributed by atoms with van der Waals surface area (Å²) < 4.78 is 0. The number of piperidine rings is 1. The molecule has 0 aromatic carbocycles. The van der Waals surface area contributed by atoms with Crippen molar-refractivity contribution in [2.45, 2.75) is 72.3 Å². The molecule has 0 unspecified atom stereocenters. The van der Waals surface area contributed by atoms with Crippen LogP contribution < -0.4 is 10.6 Å². The lowest BCUT2D eigenvalue weighted by Gasteiger charge is -2.32. The van der Waals surface area contributed by atoms with Gasteiger partial charge in [0.25, 0.3) is 0 Å². The summed E-state index contributed by atoms with van der Waals surface area (Å²) in [6.07, 6.45) is 7.53. The first-order chi connectivity index (χ1) is 10.7. The van der Waals surface area contributed by atoms with E-state index in [4.69, 9.17) is 4.99 Å². The van der Waals surface area contributed by atoms with E-state index in [0.717, 1.165) is 25.0 Å². The monoisotopic (exact) mass is 438 g/mol. The molecule has 2 N–H and O–H groups in total. The summed E-state index contributed by atoms with van der Waals surface area (Å²) in [5.74, 6) is 1.82. The summed E-state index contributed by atoms with van der Waals surface area (Å²) in [4.78, 5) is 7.32. The molecule has 0 amide bonds. The molecule has 1 rings (SSSR count).